The van der Waals surface area contributed by atoms with Crippen LogP contribution in [0.3, 0.4) is 0 Å². The number of unbranched alkanes of at least 4 members (excludes halogenated alkanes) is 8. The van der Waals surface area contributed by atoms with Crippen molar-refractivity contribution in [3.05, 3.63) is 54.3 Å². The molecule has 1 unspecified atom stereocenters. The molecule has 0 aliphatic carbocycles. The minimum atomic E-state index is 0.216. The van der Waals surface area contributed by atoms with E-state index < -0.39 is 0 Å². The van der Waals surface area contributed by atoms with E-state index in [2.05, 4.69) is 55.4 Å². The van der Waals surface area contributed by atoms with Crippen molar-refractivity contribution >= 4 is 16.8 Å². The molecule has 2 heterocycles. The molecule has 36 heavy (non-hydrogen) atoms. The molecule has 1 aromatic heterocycles. The van der Waals surface area contributed by atoms with Crippen molar-refractivity contribution in [2.24, 2.45) is 0 Å². The molecule has 0 saturated carbocycles. The van der Waals surface area contributed by atoms with Crippen molar-refractivity contribution in [2.75, 3.05) is 27.2 Å². The average molecular weight is 493 g/mol. The number of likely N-dealkylation sites (N-methyl/N-ethyl adjacent to an activating group) is 1. The van der Waals surface area contributed by atoms with Gasteiger partial charge in [0.1, 0.15) is 5.75 Å². The fourth-order valence-corrected chi connectivity index (χ4v) is 5.29. The number of hydrogen-bond donors (Lipinski definition) is 0. The molecule has 3 rings (SSSR count). The Kier molecular flexibility index (Phi) is 12.3. The van der Waals surface area contributed by atoms with Crippen molar-refractivity contribution in [3.8, 4) is 5.75 Å². The predicted octanol–water partition coefficient (Wildman–Crippen LogP) is 8.52. The highest BCUT2D eigenvalue weighted by Gasteiger charge is 2.26. The first-order valence-electron chi connectivity index (χ1n) is 14.3. The monoisotopic (exact) mass is 492 g/mol. The van der Waals surface area contributed by atoms with Crippen LogP contribution >= 0.6 is 0 Å². The number of carbonyl (C=O) groups excluding carboxylic acids is 1. The zero-order valence-corrected chi connectivity index (χ0v) is 23.0. The Labute approximate surface area is 219 Å². The number of allylic oxidation sites excluding steroid dienone is 4. The van der Waals surface area contributed by atoms with Gasteiger partial charge in [-0.25, -0.2) is 0 Å². The van der Waals surface area contributed by atoms with Gasteiger partial charge in [-0.05, 0) is 88.2 Å². The second-order valence-electron chi connectivity index (χ2n) is 10.5. The SMILES string of the molecule is CCCCC/C=C\C/C=C\CCCCCCCC(=O)n1cc(C2CCN(C)C2)c2cc(OC)ccc21. The maximum atomic E-state index is 13.1. The lowest BCUT2D eigenvalue weighted by atomic mass is 9.98. The van der Waals surface area contributed by atoms with Crippen molar-refractivity contribution in [3.63, 3.8) is 0 Å². The fraction of sp³-hybridized carbons (Fsp3) is 0.594. The average Bonchev–Trinajstić information content (AvgIpc) is 3.49. The highest BCUT2D eigenvalue weighted by molar-refractivity contribution is 5.95. The molecule has 0 spiro atoms. The summed E-state index contributed by atoms with van der Waals surface area (Å²) in [5.74, 6) is 1.55. The molecule has 4 nitrogen and oxygen atoms in total. The van der Waals surface area contributed by atoms with Crippen LogP contribution < -0.4 is 4.74 Å². The lowest BCUT2D eigenvalue weighted by Gasteiger charge is -2.09. The molecule has 1 saturated heterocycles. The summed E-state index contributed by atoms with van der Waals surface area (Å²) in [6.45, 7) is 4.41. The van der Waals surface area contributed by atoms with Crippen LogP contribution in [-0.2, 0) is 0 Å². The van der Waals surface area contributed by atoms with Gasteiger partial charge in [-0.2, -0.15) is 0 Å². The third kappa shape index (κ3) is 8.65. The zero-order valence-electron chi connectivity index (χ0n) is 23.0. The molecule has 0 N–H and O–H groups in total. The largest absolute Gasteiger partial charge is 0.497 e. The summed E-state index contributed by atoms with van der Waals surface area (Å²) < 4.78 is 7.39. The molecule has 4 heteroatoms. The molecule has 1 atom stereocenters. The van der Waals surface area contributed by atoms with E-state index in [9.17, 15) is 4.79 Å². The third-order valence-corrected chi connectivity index (χ3v) is 7.48. The summed E-state index contributed by atoms with van der Waals surface area (Å²) in [5.41, 5.74) is 2.31. The molecule has 1 aliphatic rings. The molecule has 198 valence electrons. The number of fused-ring (bicyclic) bond motifs is 1. The minimum Gasteiger partial charge on any atom is -0.497 e. The highest BCUT2D eigenvalue weighted by Crippen LogP contribution is 2.35. The number of rotatable bonds is 16. The van der Waals surface area contributed by atoms with Crippen LogP contribution in [0, 0.1) is 0 Å². The maximum Gasteiger partial charge on any atom is 0.231 e. The van der Waals surface area contributed by atoms with Gasteiger partial charge in [0, 0.05) is 24.5 Å². The summed E-state index contributed by atoms with van der Waals surface area (Å²) in [6.07, 6.45) is 26.3. The Bertz CT molecular complexity index is 987. The van der Waals surface area contributed by atoms with Gasteiger partial charge in [-0.15, -0.1) is 0 Å². The van der Waals surface area contributed by atoms with E-state index in [1.807, 2.05) is 16.7 Å². The molecule has 0 bridgehead atoms. The summed E-state index contributed by atoms with van der Waals surface area (Å²) in [5, 5.41) is 1.17. The number of benzene rings is 1. The van der Waals surface area contributed by atoms with Gasteiger partial charge in [-0.3, -0.25) is 9.36 Å². The van der Waals surface area contributed by atoms with Crippen molar-refractivity contribution in [1.29, 1.82) is 0 Å². The molecular weight excluding hydrogens is 444 g/mol. The summed E-state index contributed by atoms with van der Waals surface area (Å²) >= 11 is 0. The van der Waals surface area contributed by atoms with Crippen LogP contribution in [0.2, 0.25) is 0 Å². The van der Waals surface area contributed by atoms with E-state index >= 15 is 0 Å². The first-order chi connectivity index (χ1) is 17.6. The molecule has 1 fully saturated rings. The third-order valence-electron chi connectivity index (χ3n) is 7.48. The van der Waals surface area contributed by atoms with Crippen LogP contribution in [0.1, 0.15) is 107 Å². The lowest BCUT2D eigenvalue weighted by Crippen LogP contribution is -2.13. The van der Waals surface area contributed by atoms with Crippen LogP contribution in [0.4, 0.5) is 0 Å². The van der Waals surface area contributed by atoms with Gasteiger partial charge in [0.25, 0.3) is 0 Å². The summed E-state index contributed by atoms with van der Waals surface area (Å²) in [4.78, 5) is 15.5. The fourth-order valence-electron chi connectivity index (χ4n) is 5.29. The predicted molar refractivity (Wildman–Crippen MR) is 153 cm³/mol. The lowest BCUT2D eigenvalue weighted by molar-refractivity contribution is 0.0904. The van der Waals surface area contributed by atoms with E-state index in [4.69, 9.17) is 4.74 Å². The zero-order chi connectivity index (χ0) is 25.6. The first kappa shape index (κ1) is 28.2. The number of hydrogen-bond acceptors (Lipinski definition) is 3. The second-order valence-corrected chi connectivity index (χ2v) is 10.5. The number of ether oxygens (including phenoxy) is 1. The molecule has 2 aromatic rings. The van der Waals surface area contributed by atoms with E-state index in [1.165, 1.54) is 62.3 Å². The number of nitrogens with zero attached hydrogens (tertiary/aromatic N) is 2. The molecular formula is C32H48N2O2. The minimum absolute atomic E-state index is 0.216. The Morgan fingerprint density at radius 2 is 1.72 bits per heavy atom. The van der Waals surface area contributed by atoms with Gasteiger partial charge in [0.15, 0.2) is 0 Å². The van der Waals surface area contributed by atoms with Gasteiger partial charge >= 0.3 is 0 Å². The van der Waals surface area contributed by atoms with E-state index in [1.54, 1.807) is 7.11 Å². The Morgan fingerprint density at radius 1 is 1.00 bits per heavy atom. The molecule has 1 aromatic carbocycles. The van der Waals surface area contributed by atoms with Gasteiger partial charge in [0.2, 0.25) is 5.91 Å². The van der Waals surface area contributed by atoms with Crippen LogP contribution in [-0.4, -0.2) is 42.6 Å². The normalized spacial score (nSPS) is 16.7. The van der Waals surface area contributed by atoms with E-state index in [0.717, 1.165) is 50.0 Å². The Hall–Kier alpha value is -2.33. The first-order valence-corrected chi connectivity index (χ1v) is 14.3. The van der Waals surface area contributed by atoms with Crippen molar-refractivity contribution < 1.29 is 9.53 Å². The maximum absolute atomic E-state index is 13.1. The molecule has 0 radical (unpaired) electrons. The van der Waals surface area contributed by atoms with Crippen LogP contribution in [0.5, 0.6) is 5.75 Å². The van der Waals surface area contributed by atoms with Gasteiger partial charge in [0.05, 0.1) is 12.6 Å². The van der Waals surface area contributed by atoms with Crippen LogP contribution in [0.25, 0.3) is 10.9 Å². The van der Waals surface area contributed by atoms with Gasteiger partial charge < -0.3 is 9.64 Å². The molecule has 0 amide bonds. The van der Waals surface area contributed by atoms with Crippen LogP contribution in [0.15, 0.2) is 48.7 Å². The van der Waals surface area contributed by atoms with Crippen molar-refractivity contribution in [1.82, 2.24) is 9.47 Å². The number of aromatic nitrogens is 1. The molecule has 1 aliphatic heterocycles. The Morgan fingerprint density at radius 3 is 2.42 bits per heavy atom. The second kappa shape index (κ2) is 15.7. The van der Waals surface area contributed by atoms with Gasteiger partial charge in [-0.1, -0.05) is 63.3 Å². The van der Waals surface area contributed by atoms with E-state index in [-0.39, 0.29) is 5.91 Å². The highest BCUT2D eigenvalue weighted by atomic mass is 16.5. The number of carbonyl (C=O) groups is 1. The Balaban J connectivity index is 1.38. The topological polar surface area (TPSA) is 34.5 Å². The number of likely N-dealkylation sites (tertiary alicyclic amines) is 1. The van der Waals surface area contributed by atoms with Crippen molar-refractivity contribution in [2.45, 2.75) is 96.3 Å². The van der Waals surface area contributed by atoms with E-state index in [0.29, 0.717) is 12.3 Å². The standard InChI is InChI=1S/C32H48N2O2/c1-4-5-6-7-8-9-10-11-12-13-14-15-16-17-18-19-32(35)34-26-30(27-22-23-33(2)25-27)29-24-28(36-3)20-21-31(29)34/h8-9,11-12,20-21,24,26-27H,4-7,10,13-19,22-23,25H2,1-3H3/b9-8-,12-11-. The summed E-state index contributed by atoms with van der Waals surface area (Å²) in [6, 6.07) is 6.12. The number of methoxy groups -OCH3 is 1. The summed E-state index contributed by atoms with van der Waals surface area (Å²) in [7, 11) is 3.88. The smallest absolute Gasteiger partial charge is 0.231 e. The quantitative estimate of drug-likeness (QED) is 0.174.